The third-order valence-electron chi connectivity index (χ3n) is 4.58. The Kier molecular flexibility index (Phi) is 4.16. The zero-order valence-electron chi connectivity index (χ0n) is 14.3. The summed E-state index contributed by atoms with van der Waals surface area (Å²) in [5, 5.41) is 11.5. The Morgan fingerprint density at radius 3 is 2.73 bits per heavy atom. The maximum absolute atomic E-state index is 12.0. The van der Waals surface area contributed by atoms with Crippen molar-refractivity contribution in [1.82, 2.24) is 0 Å². The van der Waals surface area contributed by atoms with Crippen LogP contribution < -0.4 is 0 Å². The van der Waals surface area contributed by atoms with Crippen molar-refractivity contribution in [3.05, 3.63) is 71.8 Å². The van der Waals surface area contributed by atoms with Crippen LogP contribution in [0, 0.1) is 11.3 Å². The molecule has 0 spiro atoms. The summed E-state index contributed by atoms with van der Waals surface area (Å²) >= 11 is 0. The summed E-state index contributed by atoms with van der Waals surface area (Å²) in [5.41, 5.74) is 3.41. The number of epoxide rings is 1. The number of carbonyl (C=O) groups is 1. The highest BCUT2D eigenvalue weighted by molar-refractivity contribution is 5.97. The zero-order chi connectivity index (χ0) is 18.1. The Labute approximate surface area is 151 Å². The van der Waals surface area contributed by atoms with E-state index < -0.39 is 6.10 Å². The second-order valence-electron chi connectivity index (χ2n) is 6.17. The van der Waals surface area contributed by atoms with Crippen LogP contribution >= 0.6 is 0 Å². The van der Waals surface area contributed by atoms with E-state index in [2.05, 4.69) is 24.3 Å². The Bertz CT molecular complexity index is 1030. The fourth-order valence-corrected chi connectivity index (χ4v) is 3.32. The lowest BCUT2D eigenvalue weighted by atomic mass is 9.91. The summed E-state index contributed by atoms with van der Waals surface area (Å²) in [5.74, 6) is -0.342. The predicted octanol–water partition coefficient (Wildman–Crippen LogP) is 4.38. The highest BCUT2D eigenvalue weighted by Gasteiger charge is 2.48. The fourth-order valence-electron chi connectivity index (χ4n) is 3.32. The zero-order valence-corrected chi connectivity index (χ0v) is 14.3. The van der Waals surface area contributed by atoms with Crippen molar-refractivity contribution in [3.63, 3.8) is 0 Å². The molecule has 2 atom stereocenters. The molecule has 0 amide bonds. The van der Waals surface area contributed by atoms with Gasteiger partial charge in [-0.15, -0.1) is 0 Å². The third kappa shape index (κ3) is 2.83. The van der Waals surface area contributed by atoms with Crippen molar-refractivity contribution in [1.29, 1.82) is 5.26 Å². The minimum absolute atomic E-state index is 0.328. The number of rotatable bonds is 4. The molecule has 1 fully saturated rings. The van der Waals surface area contributed by atoms with Gasteiger partial charge in [0.1, 0.15) is 6.10 Å². The molecular formula is C22H17NO3. The lowest BCUT2D eigenvalue weighted by molar-refractivity contribution is -0.144. The first kappa shape index (κ1) is 16.3. The van der Waals surface area contributed by atoms with Crippen molar-refractivity contribution in [3.8, 4) is 17.2 Å². The third-order valence-corrected chi connectivity index (χ3v) is 4.58. The molecular weight excluding hydrogens is 326 g/mol. The van der Waals surface area contributed by atoms with Gasteiger partial charge >= 0.3 is 5.97 Å². The van der Waals surface area contributed by atoms with Gasteiger partial charge in [0.2, 0.25) is 0 Å². The normalized spacial score (nSPS) is 18.3. The lowest BCUT2D eigenvalue weighted by Gasteiger charge is -2.12. The van der Waals surface area contributed by atoms with Crippen molar-refractivity contribution in [2.75, 3.05) is 6.61 Å². The summed E-state index contributed by atoms with van der Waals surface area (Å²) in [6, 6.07) is 21.9. The Hall–Kier alpha value is -3.16. The van der Waals surface area contributed by atoms with Crippen LogP contribution in [0.5, 0.6) is 0 Å². The van der Waals surface area contributed by atoms with Gasteiger partial charge in [-0.2, -0.15) is 5.26 Å². The number of benzene rings is 3. The molecule has 0 aromatic heterocycles. The molecule has 1 aliphatic heterocycles. The van der Waals surface area contributed by atoms with E-state index in [0.717, 1.165) is 27.5 Å². The van der Waals surface area contributed by atoms with Crippen molar-refractivity contribution in [2.24, 2.45) is 0 Å². The molecule has 0 aliphatic carbocycles. The van der Waals surface area contributed by atoms with Crippen LogP contribution in [0.25, 0.3) is 21.9 Å². The number of hydrogen-bond acceptors (Lipinski definition) is 4. The molecule has 3 aromatic rings. The van der Waals surface area contributed by atoms with Gasteiger partial charge in [-0.3, -0.25) is 0 Å². The monoisotopic (exact) mass is 343 g/mol. The van der Waals surface area contributed by atoms with E-state index in [1.165, 1.54) is 0 Å². The first-order valence-electron chi connectivity index (χ1n) is 8.57. The smallest absolute Gasteiger partial charge is 0.338 e. The van der Waals surface area contributed by atoms with Crippen LogP contribution in [0.1, 0.15) is 24.2 Å². The summed E-state index contributed by atoms with van der Waals surface area (Å²) in [6.07, 6.45) is -0.910. The van der Waals surface area contributed by atoms with Gasteiger partial charge in [-0.25, -0.2) is 4.79 Å². The number of fused-ring (bicyclic) bond motifs is 1. The maximum atomic E-state index is 12.0. The first-order valence-corrected chi connectivity index (χ1v) is 8.57. The highest BCUT2D eigenvalue weighted by atomic mass is 16.6. The minimum Gasteiger partial charge on any atom is -0.464 e. The summed E-state index contributed by atoms with van der Waals surface area (Å²) in [6.45, 7) is 2.10. The van der Waals surface area contributed by atoms with Crippen LogP contribution in [0.2, 0.25) is 0 Å². The largest absolute Gasteiger partial charge is 0.464 e. The molecule has 3 aromatic carbocycles. The van der Waals surface area contributed by atoms with Crippen LogP contribution in [0.15, 0.2) is 60.7 Å². The van der Waals surface area contributed by atoms with Crippen molar-refractivity contribution in [2.45, 2.75) is 19.1 Å². The van der Waals surface area contributed by atoms with Gasteiger partial charge in [-0.05, 0) is 46.5 Å². The van der Waals surface area contributed by atoms with Crippen LogP contribution in [0.3, 0.4) is 0 Å². The van der Waals surface area contributed by atoms with E-state index in [-0.39, 0.29) is 12.1 Å². The maximum Gasteiger partial charge on any atom is 0.338 e. The fraction of sp³-hybridized carbons (Fsp3) is 0.182. The van der Waals surface area contributed by atoms with Gasteiger partial charge in [0.25, 0.3) is 0 Å². The predicted molar refractivity (Wildman–Crippen MR) is 98.3 cm³/mol. The quantitative estimate of drug-likeness (QED) is 0.521. The molecule has 128 valence electrons. The Balaban J connectivity index is 1.83. The summed E-state index contributed by atoms with van der Waals surface area (Å²) < 4.78 is 10.7. The van der Waals surface area contributed by atoms with Crippen LogP contribution in [-0.4, -0.2) is 18.7 Å². The van der Waals surface area contributed by atoms with Crippen LogP contribution in [-0.2, 0) is 14.3 Å². The lowest BCUT2D eigenvalue weighted by Crippen LogP contribution is -2.12. The average Bonchev–Trinajstić information content (AvgIpc) is 3.48. The van der Waals surface area contributed by atoms with Crippen molar-refractivity contribution < 1.29 is 14.3 Å². The Morgan fingerprint density at radius 1 is 1.12 bits per heavy atom. The number of carbonyl (C=O) groups excluding carboxylic acids is 1. The van der Waals surface area contributed by atoms with Gasteiger partial charge < -0.3 is 9.47 Å². The number of ether oxygens (including phenoxy) is 2. The van der Waals surface area contributed by atoms with E-state index in [1.54, 1.807) is 13.0 Å². The summed E-state index contributed by atoms with van der Waals surface area (Å²) in [4.78, 5) is 12.0. The van der Waals surface area contributed by atoms with E-state index in [1.807, 2.05) is 36.4 Å². The first-order chi connectivity index (χ1) is 12.7. The SMILES string of the molecule is CCOC(=O)C1OC1c1ccc(C#N)cc1-c1cccc2ccccc12. The van der Waals surface area contributed by atoms with E-state index in [9.17, 15) is 10.1 Å². The van der Waals surface area contributed by atoms with E-state index in [0.29, 0.717) is 12.2 Å². The molecule has 1 heterocycles. The molecule has 0 radical (unpaired) electrons. The molecule has 2 unspecified atom stereocenters. The Morgan fingerprint density at radius 2 is 1.92 bits per heavy atom. The molecule has 26 heavy (non-hydrogen) atoms. The van der Waals surface area contributed by atoms with Crippen LogP contribution in [0.4, 0.5) is 0 Å². The van der Waals surface area contributed by atoms with E-state index >= 15 is 0 Å². The second kappa shape index (κ2) is 6.62. The number of nitriles is 1. The topological polar surface area (TPSA) is 62.6 Å². The molecule has 4 heteroatoms. The average molecular weight is 343 g/mol. The summed E-state index contributed by atoms with van der Waals surface area (Å²) in [7, 11) is 0. The minimum atomic E-state index is -0.573. The molecule has 0 bridgehead atoms. The molecule has 4 rings (SSSR count). The number of esters is 1. The molecule has 1 aliphatic rings. The second-order valence-corrected chi connectivity index (χ2v) is 6.17. The van der Waals surface area contributed by atoms with Gasteiger partial charge in [0.15, 0.2) is 6.10 Å². The molecule has 4 nitrogen and oxygen atoms in total. The highest BCUT2D eigenvalue weighted by Crippen LogP contribution is 2.45. The number of nitrogens with zero attached hydrogens (tertiary/aromatic N) is 1. The molecule has 0 saturated carbocycles. The van der Waals surface area contributed by atoms with Crippen molar-refractivity contribution >= 4 is 16.7 Å². The van der Waals surface area contributed by atoms with E-state index in [4.69, 9.17) is 9.47 Å². The molecule has 1 saturated heterocycles. The van der Waals surface area contributed by atoms with Gasteiger partial charge in [0.05, 0.1) is 18.2 Å². The molecule has 0 N–H and O–H groups in total. The standard InChI is InChI=1S/C22H17NO3/c1-2-25-22(24)21-20(26-21)18-11-10-14(13-23)12-19(18)17-9-5-7-15-6-3-4-8-16(15)17/h3-12,20-21H,2H2,1H3. The van der Waals surface area contributed by atoms with Gasteiger partial charge in [-0.1, -0.05) is 48.5 Å². The number of hydrogen-bond donors (Lipinski definition) is 0. The van der Waals surface area contributed by atoms with Gasteiger partial charge in [0, 0.05) is 0 Å².